The fraction of sp³-hybridized carbons (Fsp3) is 0.769. The molecule has 0 radical (unpaired) electrons. The third-order valence-electron chi connectivity index (χ3n) is 3.30. The van der Waals surface area contributed by atoms with Gasteiger partial charge in [-0.1, -0.05) is 32.4 Å². The maximum atomic E-state index is 10.5. The van der Waals surface area contributed by atoms with Gasteiger partial charge in [0.2, 0.25) is 0 Å². The molecule has 1 rings (SSSR count). The first-order valence-corrected chi connectivity index (χ1v) is 5.76. The minimum absolute atomic E-state index is 0.205. The SMILES string of the molecule is CC(C=O)CC1=CC[C@@H](C(C)C)CC1. The van der Waals surface area contributed by atoms with Gasteiger partial charge >= 0.3 is 0 Å². The van der Waals surface area contributed by atoms with E-state index in [1.807, 2.05) is 6.92 Å². The number of hydrogen-bond donors (Lipinski definition) is 0. The molecule has 0 bridgehead atoms. The van der Waals surface area contributed by atoms with E-state index in [0.717, 1.165) is 24.5 Å². The van der Waals surface area contributed by atoms with Gasteiger partial charge in [0.15, 0.2) is 0 Å². The van der Waals surface area contributed by atoms with Crippen LogP contribution in [0.25, 0.3) is 0 Å². The average molecular weight is 194 g/mol. The molecule has 1 aliphatic carbocycles. The molecule has 1 unspecified atom stereocenters. The summed E-state index contributed by atoms with van der Waals surface area (Å²) in [7, 11) is 0. The quantitative estimate of drug-likeness (QED) is 0.493. The Morgan fingerprint density at radius 2 is 2.21 bits per heavy atom. The van der Waals surface area contributed by atoms with E-state index in [-0.39, 0.29) is 5.92 Å². The second-order valence-corrected chi connectivity index (χ2v) is 4.96. The Bertz CT molecular complexity index is 215. The molecule has 0 amide bonds. The monoisotopic (exact) mass is 194 g/mol. The molecule has 0 saturated heterocycles. The molecule has 0 spiro atoms. The van der Waals surface area contributed by atoms with Gasteiger partial charge in [-0.15, -0.1) is 0 Å². The van der Waals surface area contributed by atoms with Crippen LogP contribution in [0.5, 0.6) is 0 Å². The maximum absolute atomic E-state index is 10.5. The van der Waals surface area contributed by atoms with Crippen LogP contribution in [0.2, 0.25) is 0 Å². The fourth-order valence-corrected chi connectivity index (χ4v) is 2.16. The zero-order valence-corrected chi connectivity index (χ0v) is 9.62. The van der Waals surface area contributed by atoms with Gasteiger partial charge in [0, 0.05) is 5.92 Å². The van der Waals surface area contributed by atoms with Crippen molar-refractivity contribution in [2.45, 2.75) is 46.5 Å². The first-order valence-electron chi connectivity index (χ1n) is 5.76. The molecule has 0 aromatic rings. The highest BCUT2D eigenvalue weighted by atomic mass is 16.1. The lowest BCUT2D eigenvalue weighted by atomic mass is 9.81. The highest BCUT2D eigenvalue weighted by Gasteiger charge is 2.17. The standard InChI is InChI=1S/C13H22O/c1-10(2)13-6-4-12(5-7-13)8-11(3)9-14/h4,9-11,13H,5-8H2,1-3H3/t11?,13-/m1/s1. The van der Waals surface area contributed by atoms with Crippen LogP contribution >= 0.6 is 0 Å². The maximum Gasteiger partial charge on any atom is 0.123 e. The Labute approximate surface area is 87.6 Å². The third kappa shape index (κ3) is 3.28. The van der Waals surface area contributed by atoms with Gasteiger partial charge in [-0.3, -0.25) is 0 Å². The molecular weight excluding hydrogens is 172 g/mol. The molecule has 0 fully saturated rings. The second kappa shape index (κ2) is 5.33. The van der Waals surface area contributed by atoms with Crippen molar-refractivity contribution in [3.63, 3.8) is 0 Å². The molecule has 0 aromatic carbocycles. The zero-order chi connectivity index (χ0) is 10.6. The molecule has 2 atom stereocenters. The summed E-state index contributed by atoms with van der Waals surface area (Å²) in [6, 6.07) is 0. The van der Waals surface area contributed by atoms with Gasteiger partial charge in [0.1, 0.15) is 6.29 Å². The average Bonchev–Trinajstić information content (AvgIpc) is 2.18. The Morgan fingerprint density at radius 1 is 1.50 bits per heavy atom. The highest BCUT2D eigenvalue weighted by Crippen LogP contribution is 2.31. The molecule has 14 heavy (non-hydrogen) atoms. The Morgan fingerprint density at radius 3 is 2.64 bits per heavy atom. The van der Waals surface area contributed by atoms with Crippen molar-refractivity contribution in [3.05, 3.63) is 11.6 Å². The van der Waals surface area contributed by atoms with E-state index < -0.39 is 0 Å². The van der Waals surface area contributed by atoms with Crippen molar-refractivity contribution in [3.8, 4) is 0 Å². The number of aldehydes is 1. The van der Waals surface area contributed by atoms with Crippen LogP contribution in [0, 0.1) is 17.8 Å². The summed E-state index contributed by atoms with van der Waals surface area (Å²) >= 11 is 0. The summed E-state index contributed by atoms with van der Waals surface area (Å²) in [4.78, 5) is 10.5. The Kier molecular flexibility index (Phi) is 4.37. The van der Waals surface area contributed by atoms with Crippen LogP contribution < -0.4 is 0 Å². The van der Waals surface area contributed by atoms with Gasteiger partial charge in [-0.05, 0) is 37.5 Å². The van der Waals surface area contributed by atoms with Crippen LogP contribution in [-0.2, 0) is 4.79 Å². The molecule has 0 aliphatic heterocycles. The van der Waals surface area contributed by atoms with Gasteiger partial charge in [-0.2, -0.15) is 0 Å². The number of allylic oxidation sites excluding steroid dienone is 2. The lowest BCUT2D eigenvalue weighted by Gasteiger charge is -2.25. The lowest BCUT2D eigenvalue weighted by Crippen LogP contribution is -2.13. The normalized spacial score (nSPS) is 24.6. The Hall–Kier alpha value is -0.590. The summed E-state index contributed by atoms with van der Waals surface area (Å²) < 4.78 is 0. The van der Waals surface area contributed by atoms with Crippen molar-refractivity contribution >= 4 is 6.29 Å². The van der Waals surface area contributed by atoms with E-state index in [2.05, 4.69) is 19.9 Å². The highest BCUT2D eigenvalue weighted by molar-refractivity contribution is 5.53. The van der Waals surface area contributed by atoms with Gasteiger partial charge < -0.3 is 4.79 Å². The van der Waals surface area contributed by atoms with Crippen LogP contribution in [0.15, 0.2) is 11.6 Å². The van der Waals surface area contributed by atoms with Crippen LogP contribution in [0.3, 0.4) is 0 Å². The van der Waals surface area contributed by atoms with E-state index in [1.165, 1.54) is 24.8 Å². The largest absolute Gasteiger partial charge is 0.303 e. The molecular formula is C13H22O. The molecule has 0 aromatic heterocycles. The second-order valence-electron chi connectivity index (χ2n) is 4.96. The first-order chi connectivity index (χ1) is 6.63. The minimum Gasteiger partial charge on any atom is -0.303 e. The van der Waals surface area contributed by atoms with Crippen LogP contribution in [0.4, 0.5) is 0 Å². The van der Waals surface area contributed by atoms with Crippen molar-refractivity contribution in [2.75, 3.05) is 0 Å². The van der Waals surface area contributed by atoms with Crippen molar-refractivity contribution in [2.24, 2.45) is 17.8 Å². The van der Waals surface area contributed by atoms with E-state index in [0.29, 0.717) is 0 Å². The minimum atomic E-state index is 0.205. The third-order valence-corrected chi connectivity index (χ3v) is 3.30. The summed E-state index contributed by atoms with van der Waals surface area (Å²) in [6.45, 7) is 6.61. The van der Waals surface area contributed by atoms with Crippen molar-refractivity contribution in [1.82, 2.24) is 0 Å². The van der Waals surface area contributed by atoms with Gasteiger partial charge in [-0.25, -0.2) is 0 Å². The van der Waals surface area contributed by atoms with Crippen molar-refractivity contribution < 1.29 is 4.79 Å². The molecule has 1 heteroatoms. The summed E-state index contributed by atoms with van der Waals surface area (Å²) in [5.41, 5.74) is 1.50. The van der Waals surface area contributed by atoms with Crippen LogP contribution in [0.1, 0.15) is 46.5 Å². The van der Waals surface area contributed by atoms with Gasteiger partial charge in [0.25, 0.3) is 0 Å². The van der Waals surface area contributed by atoms with E-state index >= 15 is 0 Å². The number of rotatable bonds is 4. The predicted octanol–water partition coefficient (Wildman–Crippen LogP) is 3.59. The summed E-state index contributed by atoms with van der Waals surface area (Å²) in [6.07, 6.45) is 8.16. The lowest BCUT2D eigenvalue weighted by molar-refractivity contribution is -0.110. The number of hydrogen-bond acceptors (Lipinski definition) is 1. The molecule has 80 valence electrons. The Balaban J connectivity index is 2.41. The molecule has 1 nitrogen and oxygen atoms in total. The van der Waals surface area contributed by atoms with Crippen molar-refractivity contribution in [1.29, 1.82) is 0 Å². The summed E-state index contributed by atoms with van der Waals surface area (Å²) in [5, 5.41) is 0. The number of carbonyl (C=O) groups is 1. The predicted molar refractivity (Wildman–Crippen MR) is 60.1 cm³/mol. The van der Waals surface area contributed by atoms with E-state index in [4.69, 9.17) is 0 Å². The summed E-state index contributed by atoms with van der Waals surface area (Å²) in [5.74, 6) is 1.87. The molecule has 0 N–H and O–H groups in total. The fourth-order valence-electron chi connectivity index (χ4n) is 2.16. The molecule has 1 aliphatic rings. The first kappa shape index (κ1) is 11.5. The van der Waals surface area contributed by atoms with Crippen LogP contribution in [-0.4, -0.2) is 6.29 Å². The number of carbonyl (C=O) groups excluding carboxylic acids is 1. The smallest absolute Gasteiger partial charge is 0.123 e. The topological polar surface area (TPSA) is 17.1 Å². The van der Waals surface area contributed by atoms with E-state index in [9.17, 15) is 4.79 Å². The molecule has 0 saturated carbocycles. The van der Waals surface area contributed by atoms with E-state index in [1.54, 1.807) is 0 Å². The van der Waals surface area contributed by atoms with Gasteiger partial charge in [0.05, 0.1) is 0 Å². The molecule has 0 heterocycles. The zero-order valence-electron chi connectivity index (χ0n) is 9.62.